The summed E-state index contributed by atoms with van der Waals surface area (Å²) < 4.78 is 52.1. The summed E-state index contributed by atoms with van der Waals surface area (Å²) in [5, 5.41) is 0. The van der Waals surface area contributed by atoms with Crippen LogP contribution in [0.4, 0.5) is 0 Å². The molecule has 0 aromatic heterocycles. The minimum atomic E-state index is -0.642. The lowest BCUT2D eigenvalue weighted by molar-refractivity contribution is -0.130. The highest BCUT2D eigenvalue weighted by molar-refractivity contribution is 5.90. The number of unbranched alkanes of at least 4 members (excludes halogenated alkanes) is 8. The predicted molar refractivity (Wildman–Crippen MR) is 221 cm³/mol. The Balaban J connectivity index is 1.42. The van der Waals surface area contributed by atoms with E-state index in [0.717, 1.165) is 48.3 Å². The van der Waals surface area contributed by atoms with Crippen LogP contribution < -0.4 is 28.4 Å². The SMILES string of the molecule is CCCCCCCOc1ccc(/C=C/C(=O)Oc2ccc(OC(=O)/C=C/c3ccc(OCCCCCCC)cc3)c3c2OCCOCCOCCOCCO3)cc1. The summed E-state index contributed by atoms with van der Waals surface area (Å²) >= 11 is 0. The van der Waals surface area contributed by atoms with Crippen molar-refractivity contribution in [2.24, 2.45) is 0 Å². The Bertz CT molecular complexity index is 1510. The van der Waals surface area contributed by atoms with E-state index in [1.165, 1.54) is 62.8 Å². The van der Waals surface area contributed by atoms with E-state index in [0.29, 0.717) is 39.6 Å². The van der Waals surface area contributed by atoms with Crippen LogP contribution in [0.1, 0.15) is 89.2 Å². The maximum atomic E-state index is 13.1. The molecule has 1 heterocycles. The van der Waals surface area contributed by atoms with Crippen molar-refractivity contribution in [1.82, 2.24) is 0 Å². The Hall–Kier alpha value is -4.84. The average Bonchev–Trinajstić information content (AvgIpc) is 3.23. The van der Waals surface area contributed by atoms with Gasteiger partial charge in [-0.25, -0.2) is 9.59 Å². The molecule has 0 aliphatic carbocycles. The number of hydrogen-bond acceptors (Lipinski definition) is 11. The minimum absolute atomic E-state index is 0.0783. The van der Waals surface area contributed by atoms with Gasteiger partial charge in [0, 0.05) is 12.2 Å². The molecule has 0 spiro atoms. The van der Waals surface area contributed by atoms with Gasteiger partial charge in [0.2, 0.25) is 11.5 Å². The number of carbonyl (C=O) groups is 2. The van der Waals surface area contributed by atoms with Crippen molar-refractivity contribution in [3.05, 3.63) is 83.9 Å². The van der Waals surface area contributed by atoms with Crippen LogP contribution in [0.25, 0.3) is 12.2 Å². The maximum Gasteiger partial charge on any atom is 0.336 e. The summed E-state index contributed by atoms with van der Waals surface area (Å²) in [6, 6.07) is 18.0. The van der Waals surface area contributed by atoms with Gasteiger partial charge in [-0.2, -0.15) is 0 Å². The summed E-state index contributed by atoms with van der Waals surface area (Å²) in [6.45, 7) is 7.93. The quantitative estimate of drug-likeness (QED) is 0.0472. The highest BCUT2D eigenvalue weighted by atomic mass is 16.6. The molecule has 0 bridgehead atoms. The molecule has 1 aliphatic rings. The molecular formula is C46H60O11. The van der Waals surface area contributed by atoms with Crippen molar-refractivity contribution < 1.29 is 52.2 Å². The van der Waals surface area contributed by atoms with E-state index in [1.54, 1.807) is 12.2 Å². The van der Waals surface area contributed by atoms with Gasteiger partial charge in [0.1, 0.15) is 24.7 Å². The largest absolute Gasteiger partial charge is 0.494 e. The number of fused-ring (bicyclic) bond motifs is 1. The molecule has 3 aromatic carbocycles. The molecule has 0 amide bonds. The molecule has 0 fully saturated rings. The highest BCUT2D eigenvalue weighted by Gasteiger charge is 2.22. The Morgan fingerprint density at radius 2 is 0.860 bits per heavy atom. The first-order valence-corrected chi connectivity index (χ1v) is 20.5. The third-order valence-electron chi connectivity index (χ3n) is 8.77. The van der Waals surface area contributed by atoms with Crippen LogP contribution in [0.15, 0.2) is 72.8 Å². The van der Waals surface area contributed by atoms with Gasteiger partial charge in [-0.05, 0) is 72.5 Å². The fraction of sp³-hybridized carbons (Fsp3) is 0.478. The Labute approximate surface area is 338 Å². The van der Waals surface area contributed by atoms with E-state index in [2.05, 4.69) is 13.8 Å². The predicted octanol–water partition coefficient (Wildman–Crippen LogP) is 9.44. The normalized spacial score (nSPS) is 14.1. The Kier molecular flexibility index (Phi) is 21.8. The molecule has 0 unspecified atom stereocenters. The van der Waals surface area contributed by atoms with E-state index in [1.807, 2.05) is 48.5 Å². The third kappa shape index (κ3) is 18.3. The van der Waals surface area contributed by atoms with Gasteiger partial charge in [0.25, 0.3) is 0 Å². The number of benzene rings is 3. The molecular weight excluding hydrogens is 728 g/mol. The molecule has 11 nitrogen and oxygen atoms in total. The standard InChI is InChI=1S/C46H60O11/c1-3-5-7-9-11-27-52-39-19-13-37(14-20-39)17-25-43(47)56-41-23-24-42(46-45(41)54-35-33-50-31-29-49-30-32-51-34-36-55-46)57-44(48)26-18-38-15-21-40(22-16-38)53-28-12-10-8-6-4-2/h13-26H,3-12,27-36H2,1-2H3/b25-17+,26-18+. The second-order valence-corrected chi connectivity index (χ2v) is 13.4. The highest BCUT2D eigenvalue weighted by Crippen LogP contribution is 2.45. The number of hydrogen-bond donors (Lipinski definition) is 0. The van der Waals surface area contributed by atoms with Gasteiger partial charge < -0.3 is 42.6 Å². The van der Waals surface area contributed by atoms with Crippen molar-refractivity contribution >= 4 is 24.1 Å². The van der Waals surface area contributed by atoms with E-state index < -0.39 is 11.9 Å². The molecule has 4 rings (SSSR count). The van der Waals surface area contributed by atoms with E-state index in [4.69, 9.17) is 42.6 Å². The van der Waals surface area contributed by atoms with Crippen molar-refractivity contribution in [1.29, 1.82) is 0 Å². The number of ether oxygens (including phenoxy) is 9. The van der Waals surface area contributed by atoms with Gasteiger partial charge >= 0.3 is 11.9 Å². The van der Waals surface area contributed by atoms with Crippen LogP contribution in [-0.4, -0.2) is 78.0 Å². The van der Waals surface area contributed by atoms with Gasteiger partial charge in [-0.1, -0.05) is 89.5 Å². The smallest absolute Gasteiger partial charge is 0.336 e. The van der Waals surface area contributed by atoms with Crippen LogP contribution >= 0.6 is 0 Å². The Morgan fingerprint density at radius 1 is 0.491 bits per heavy atom. The van der Waals surface area contributed by atoms with E-state index in [-0.39, 0.29) is 49.4 Å². The van der Waals surface area contributed by atoms with Crippen molar-refractivity contribution in [2.45, 2.75) is 78.1 Å². The van der Waals surface area contributed by atoms with Crippen molar-refractivity contribution in [3.63, 3.8) is 0 Å². The van der Waals surface area contributed by atoms with E-state index in [9.17, 15) is 9.59 Å². The minimum Gasteiger partial charge on any atom is -0.494 e. The van der Waals surface area contributed by atoms with Crippen LogP contribution in [-0.2, 0) is 23.8 Å². The maximum absolute atomic E-state index is 13.1. The number of esters is 2. The molecule has 0 radical (unpaired) electrons. The topological polar surface area (TPSA) is 117 Å². The van der Waals surface area contributed by atoms with Gasteiger partial charge in [-0.15, -0.1) is 0 Å². The zero-order valence-electron chi connectivity index (χ0n) is 33.7. The average molecular weight is 789 g/mol. The third-order valence-corrected chi connectivity index (χ3v) is 8.77. The van der Waals surface area contributed by atoms with Crippen LogP contribution in [0.3, 0.4) is 0 Å². The summed E-state index contributed by atoms with van der Waals surface area (Å²) in [5.74, 6) is 0.595. The number of carbonyl (C=O) groups excluding carboxylic acids is 2. The lowest BCUT2D eigenvalue weighted by Gasteiger charge is -2.18. The summed E-state index contributed by atoms with van der Waals surface area (Å²) in [4.78, 5) is 26.2. The first kappa shape index (κ1) is 44.9. The second-order valence-electron chi connectivity index (χ2n) is 13.4. The summed E-state index contributed by atoms with van der Waals surface area (Å²) in [7, 11) is 0. The Morgan fingerprint density at radius 3 is 1.25 bits per heavy atom. The van der Waals surface area contributed by atoms with Crippen molar-refractivity contribution in [2.75, 3.05) is 66.1 Å². The lowest BCUT2D eigenvalue weighted by Crippen LogP contribution is -2.14. The summed E-state index contributed by atoms with van der Waals surface area (Å²) in [6.07, 6.45) is 17.7. The fourth-order valence-electron chi connectivity index (χ4n) is 5.66. The molecule has 310 valence electrons. The summed E-state index contributed by atoms with van der Waals surface area (Å²) in [5.41, 5.74) is 1.60. The molecule has 0 saturated heterocycles. The first-order valence-electron chi connectivity index (χ1n) is 20.5. The number of rotatable bonds is 20. The van der Waals surface area contributed by atoms with Crippen molar-refractivity contribution in [3.8, 4) is 34.5 Å². The molecule has 0 N–H and O–H groups in total. The zero-order chi connectivity index (χ0) is 40.2. The molecule has 57 heavy (non-hydrogen) atoms. The monoisotopic (exact) mass is 788 g/mol. The molecule has 0 atom stereocenters. The van der Waals surface area contributed by atoms with Gasteiger partial charge in [0.05, 0.1) is 52.9 Å². The second kappa shape index (κ2) is 27.7. The van der Waals surface area contributed by atoms with Gasteiger partial charge in [-0.3, -0.25) is 0 Å². The first-order chi connectivity index (χ1) is 28.1. The molecule has 11 heteroatoms. The lowest BCUT2D eigenvalue weighted by atomic mass is 10.2. The van der Waals surface area contributed by atoms with Crippen LogP contribution in [0, 0.1) is 0 Å². The molecule has 1 aliphatic heterocycles. The van der Waals surface area contributed by atoms with Gasteiger partial charge in [0.15, 0.2) is 11.5 Å². The fourth-order valence-corrected chi connectivity index (χ4v) is 5.66. The van der Waals surface area contributed by atoms with Crippen LogP contribution in [0.2, 0.25) is 0 Å². The molecule has 3 aromatic rings. The van der Waals surface area contributed by atoms with Crippen LogP contribution in [0.5, 0.6) is 34.5 Å². The molecule has 0 saturated carbocycles. The van der Waals surface area contributed by atoms with E-state index >= 15 is 0 Å². The zero-order valence-corrected chi connectivity index (χ0v) is 33.7.